The van der Waals surface area contributed by atoms with Crippen LogP contribution >= 0.6 is 15.9 Å². The molecule has 2 aromatic carbocycles. The standard InChI is InChI=1S/C17H17BrN2O2/c1-11-6-7-15(8-12(11)2)20-16(21)10-19-17(22)13-4-3-5-14(18)9-13/h3-9H,10H2,1-2H3,(H,19,22)(H,20,21). The summed E-state index contributed by atoms with van der Waals surface area (Å²) in [7, 11) is 0. The molecule has 0 saturated carbocycles. The van der Waals surface area contributed by atoms with Gasteiger partial charge >= 0.3 is 0 Å². The molecule has 0 aliphatic heterocycles. The first kappa shape index (κ1) is 16.2. The average Bonchev–Trinajstić information content (AvgIpc) is 2.48. The van der Waals surface area contributed by atoms with Crippen LogP contribution in [0.5, 0.6) is 0 Å². The molecule has 0 atom stereocenters. The van der Waals surface area contributed by atoms with E-state index in [2.05, 4.69) is 26.6 Å². The number of hydrogen-bond acceptors (Lipinski definition) is 2. The molecule has 2 aromatic rings. The number of rotatable bonds is 4. The maximum atomic E-state index is 11.9. The van der Waals surface area contributed by atoms with Crippen molar-refractivity contribution in [3.8, 4) is 0 Å². The summed E-state index contributed by atoms with van der Waals surface area (Å²) in [6.07, 6.45) is 0. The molecule has 2 N–H and O–H groups in total. The molecule has 0 aliphatic carbocycles. The van der Waals surface area contributed by atoms with Crippen molar-refractivity contribution in [2.45, 2.75) is 13.8 Å². The fourth-order valence-electron chi connectivity index (χ4n) is 1.92. The number of benzene rings is 2. The van der Waals surface area contributed by atoms with Gasteiger partial charge in [0.1, 0.15) is 0 Å². The summed E-state index contributed by atoms with van der Waals surface area (Å²) in [5, 5.41) is 5.37. The molecule has 0 heterocycles. The summed E-state index contributed by atoms with van der Waals surface area (Å²) in [5.74, 6) is -0.539. The second-order valence-electron chi connectivity index (χ2n) is 5.04. The van der Waals surface area contributed by atoms with E-state index in [1.807, 2.05) is 38.1 Å². The van der Waals surface area contributed by atoms with Crippen LogP contribution in [0, 0.1) is 13.8 Å². The zero-order valence-corrected chi connectivity index (χ0v) is 14.0. The van der Waals surface area contributed by atoms with Crippen LogP contribution in [0.15, 0.2) is 46.9 Å². The van der Waals surface area contributed by atoms with Gasteiger partial charge in [-0.2, -0.15) is 0 Å². The Morgan fingerprint density at radius 3 is 2.50 bits per heavy atom. The average molecular weight is 361 g/mol. The van der Waals surface area contributed by atoms with Gasteiger partial charge in [-0.1, -0.05) is 28.1 Å². The minimum Gasteiger partial charge on any atom is -0.343 e. The van der Waals surface area contributed by atoms with Crippen molar-refractivity contribution in [1.29, 1.82) is 0 Å². The SMILES string of the molecule is Cc1ccc(NC(=O)CNC(=O)c2cccc(Br)c2)cc1C. The summed E-state index contributed by atoms with van der Waals surface area (Å²) in [5.41, 5.74) is 3.51. The Labute approximate surface area is 138 Å². The Morgan fingerprint density at radius 1 is 1.05 bits per heavy atom. The first-order chi connectivity index (χ1) is 10.5. The van der Waals surface area contributed by atoms with Crippen molar-refractivity contribution in [3.05, 3.63) is 63.6 Å². The van der Waals surface area contributed by atoms with E-state index in [0.29, 0.717) is 5.56 Å². The van der Waals surface area contributed by atoms with Crippen LogP contribution in [0.4, 0.5) is 5.69 Å². The van der Waals surface area contributed by atoms with Gasteiger partial charge in [0, 0.05) is 15.7 Å². The highest BCUT2D eigenvalue weighted by Gasteiger charge is 2.08. The normalized spacial score (nSPS) is 10.1. The van der Waals surface area contributed by atoms with E-state index in [1.54, 1.807) is 18.2 Å². The van der Waals surface area contributed by atoms with Crippen LogP contribution in [0.1, 0.15) is 21.5 Å². The summed E-state index contributed by atoms with van der Waals surface area (Å²) in [6.45, 7) is 3.93. The number of anilines is 1. The molecule has 22 heavy (non-hydrogen) atoms. The molecule has 0 radical (unpaired) electrons. The minimum atomic E-state index is -0.281. The Hall–Kier alpha value is -2.14. The van der Waals surface area contributed by atoms with E-state index in [-0.39, 0.29) is 18.4 Å². The van der Waals surface area contributed by atoms with E-state index in [1.165, 1.54) is 5.56 Å². The molecule has 2 amide bonds. The number of aryl methyl sites for hydroxylation is 2. The summed E-state index contributed by atoms with van der Waals surface area (Å²) >= 11 is 3.31. The van der Waals surface area contributed by atoms with Gasteiger partial charge in [-0.15, -0.1) is 0 Å². The van der Waals surface area contributed by atoms with Crippen molar-refractivity contribution < 1.29 is 9.59 Å². The van der Waals surface area contributed by atoms with Gasteiger partial charge in [-0.3, -0.25) is 9.59 Å². The molecule has 0 spiro atoms. The predicted molar refractivity (Wildman–Crippen MR) is 91.0 cm³/mol. The number of nitrogens with one attached hydrogen (secondary N) is 2. The first-order valence-corrected chi connectivity index (χ1v) is 7.66. The van der Waals surface area contributed by atoms with E-state index < -0.39 is 0 Å². The molecule has 0 aromatic heterocycles. The number of amides is 2. The molecule has 4 nitrogen and oxygen atoms in total. The van der Waals surface area contributed by atoms with Crippen LogP contribution in [-0.4, -0.2) is 18.4 Å². The zero-order valence-electron chi connectivity index (χ0n) is 12.4. The fraction of sp³-hybridized carbons (Fsp3) is 0.176. The molecule has 0 unspecified atom stereocenters. The van der Waals surface area contributed by atoms with Gasteiger partial charge in [0.05, 0.1) is 6.54 Å². The zero-order chi connectivity index (χ0) is 16.1. The van der Waals surface area contributed by atoms with Crippen molar-refractivity contribution in [2.75, 3.05) is 11.9 Å². The monoisotopic (exact) mass is 360 g/mol. The Morgan fingerprint density at radius 2 is 1.82 bits per heavy atom. The lowest BCUT2D eigenvalue weighted by molar-refractivity contribution is -0.115. The molecule has 2 rings (SSSR count). The summed E-state index contributed by atoms with van der Waals surface area (Å²) in [4.78, 5) is 23.8. The van der Waals surface area contributed by atoms with Gasteiger partial charge < -0.3 is 10.6 Å². The maximum Gasteiger partial charge on any atom is 0.251 e. The highest BCUT2D eigenvalue weighted by Crippen LogP contribution is 2.14. The highest BCUT2D eigenvalue weighted by atomic mass is 79.9. The van der Waals surface area contributed by atoms with Gasteiger partial charge in [-0.05, 0) is 55.3 Å². The first-order valence-electron chi connectivity index (χ1n) is 6.86. The van der Waals surface area contributed by atoms with Crippen molar-refractivity contribution in [2.24, 2.45) is 0 Å². The second kappa shape index (κ2) is 7.22. The number of carbonyl (C=O) groups is 2. The Balaban J connectivity index is 1.90. The lowest BCUT2D eigenvalue weighted by atomic mass is 10.1. The Kier molecular flexibility index (Phi) is 5.33. The topological polar surface area (TPSA) is 58.2 Å². The Bertz CT molecular complexity index is 714. The van der Waals surface area contributed by atoms with Gasteiger partial charge in [-0.25, -0.2) is 0 Å². The van der Waals surface area contributed by atoms with E-state index in [4.69, 9.17) is 0 Å². The van der Waals surface area contributed by atoms with Crippen molar-refractivity contribution in [1.82, 2.24) is 5.32 Å². The third-order valence-corrected chi connectivity index (χ3v) is 3.78. The molecule has 0 saturated heterocycles. The van der Waals surface area contributed by atoms with Gasteiger partial charge in [0.2, 0.25) is 5.91 Å². The minimum absolute atomic E-state index is 0.0712. The number of hydrogen-bond donors (Lipinski definition) is 2. The van der Waals surface area contributed by atoms with E-state index >= 15 is 0 Å². The summed E-state index contributed by atoms with van der Waals surface area (Å²) < 4.78 is 0.819. The van der Waals surface area contributed by atoms with Crippen LogP contribution < -0.4 is 10.6 Å². The molecule has 0 fully saturated rings. The molecule has 5 heteroatoms. The molecule has 0 aliphatic rings. The van der Waals surface area contributed by atoms with Crippen molar-refractivity contribution >= 4 is 33.4 Å². The van der Waals surface area contributed by atoms with E-state index in [9.17, 15) is 9.59 Å². The third kappa shape index (κ3) is 4.43. The van der Waals surface area contributed by atoms with E-state index in [0.717, 1.165) is 15.7 Å². The number of halogens is 1. The quantitative estimate of drug-likeness (QED) is 0.877. The highest BCUT2D eigenvalue weighted by molar-refractivity contribution is 9.10. The van der Waals surface area contributed by atoms with Crippen LogP contribution in [0.2, 0.25) is 0 Å². The second-order valence-corrected chi connectivity index (χ2v) is 5.96. The molecular weight excluding hydrogens is 344 g/mol. The van der Waals surface area contributed by atoms with Crippen LogP contribution in [0.3, 0.4) is 0 Å². The molecular formula is C17H17BrN2O2. The predicted octanol–water partition coefficient (Wildman–Crippen LogP) is 3.43. The molecule has 0 bridgehead atoms. The largest absolute Gasteiger partial charge is 0.343 e. The third-order valence-electron chi connectivity index (χ3n) is 3.29. The fourth-order valence-corrected chi connectivity index (χ4v) is 2.32. The summed E-state index contributed by atoms with van der Waals surface area (Å²) in [6, 6.07) is 12.7. The van der Waals surface area contributed by atoms with Crippen LogP contribution in [-0.2, 0) is 4.79 Å². The molecule has 114 valence electrons. The van der Waals surface area contributed by atoms with Gasteiger partial charge in [0.15, 0.2) is 0 Å². The lowest BCUT2D eigenvalue weighted by Gasteiger charge is -2.09. The van der Waals surface area contributed by atoms with Gasteiger partial charge in [0.25, 0.3) is 5.91 Å². The van der Waals surface area contributed by atoms with Crippen molar-refractivity contribution in [3.63, 3.8) is 0 Å². The van der Waals surface area contributed by atoms with Crippen LogP contribution in [0.25, 0.3) is 0 Å². The lowest BCUT2D eigenvalue weighted by Crippen LogP contribution is -2.32. The smallest absolute Gasteiger partial charge is 0.251 e. The number of carbonyl (C=O) groups excluding carboxylic acids is 2. The maximum absolute atomic E-state index is 11.9.